The molecule has 0 aliphatic heterocycles. The molecule has 0 saturated heterocycles. The third-order valence-corrected chi connectivity index (χ3v) is 7.25. The van der Waals surface area contributed by atoms with Crippen LogP contribution in [0.15, 0.2) is 64.4 Å². The lowest BCUT2D eigenvalue weighted by Crippen LogP contribution is -2.37. The van der Waals surface area contributed by atoms with Crippen molar-refractivity contribution in [1.82, 2.24) is 9.03 Å². The molecule has 0 unspecified atom stereocenters. The summed E-state index contributed by atoms with van der Waals surface area (Å²) in [7, 11) is -6.08. The maximum absolute atomic E-state index is 12.9. The molecule has 2 rings (SSSR count). The van der Waals surface area contributed by atoms with Crippen molar-refractivity contribution < 1.29 is 16.8 Å². The summed E-state index contributed by atoms with van der Waals surface area (Å²) in [5, 5.41) is 0. The standard InChI is InChI=1S/C17H23N3O4S2/c1-19-25(21,22)16-7-9-17(10-8-16)26(23,24)20(14-12-18)13-11-15-5-3-2-4-6-15/h2-10,19H,11-14,18H2,1H3. The van der Waals surface area contributed by atoms with Crippen molar-refractivity contribution in [3.05, 3.63) is 60.2 Å². The Bertz CT molecular complexity index is 912. The third-order valence-electron chi connectivity index (χ3n) is 3.91. The summed E-state index contributed by atoms with van der Waals surface area (Å²) in [4.78, 5) is 0.0441. The van der Waals surface area contributed by atoms with Gasteiger partial charge in [-0.25, -0.2) is 21.6 Å². The van der Waals surface area contributed by atoms with Gasteiger partial charge in [0.1, 0.15) is 0 Å². The number of sulfonamides is 2. The van der Waals surface area contributed by atoms with Crippen LogP contribution in [-0.2, 0) is 26.5 Å². The van der Waals surface area contributed by atoms with E-state index >= 15 is 0 Å². The first kappa shape index (κ1) is 20.5. The number of hydrogen-bond donors (Lipinski definition) is 2. The molecule has 0 radical (unpaired) electrons. The molecule has 2 aromatic rings. The molecule has 0 atom stereocenters. The largest absolute Gasteiger partial charge is 0.329 e. The number of hydrogen-bond acceptors (Lipinski definition) is 5. The minimum atomic E-state index is -3.76. The molecule has 3 N–H and O–H groups in total. The summed E-state index contributed by atoms with van der Waals surface area (Å²) in [5.74, 6) is 0. The van der Waals surface area contributed by atoms with Crippen LogP contribution in [0.1, 0.15) is 5.56 Å². The van der Waals surface area contributed by atoms with Gasteiger partial charge in [0.2, 0.25) is 20.0 Å². The Morgan fingerprint density at radius 3 is 2.00 bits per heavy atom. The van der Waals surface area contributed by atoms with E-state index in [2.05, 4.69) is 4.72 Å². The van der Waals surface area contributed by atoms with Crippen molar-refractivity contribution in [2.45, 2.75) is 16.2 Å². The number of rotatable bonds is 9. The van der Waals surface area contributed by atoms with Crippen molar-refractivity contribution in [3.8, 4) is 0 Å². The lowest BCUT2D eigenvalue weighted by atomic mass is 10.1. The summed E-state index contributed by atoms with van der Waals surface area (Å²) >= 11 is 0. The first-order valence-electron chi connectivity index (χ1n) is 8.09. The Labute approximate surface area is 154 Å². The van der Waals surface area contributed by atoms with Gasteiger partial charge >= 0.3 is 0 Å². The lowest BCUT2D eigenvalue weighted by Gasteiger charge is -2.21. The van der Waals surface area contributed by atoms with Crippen molar-refractivity contribution in [1.29, 1.82) is 0 Å². The molecular formula is C17H23N3O4S2. The average Bonchev–Trinajstić information content (AvgIpc) is 2.66. The van der Waals surface area contributed by atoms with Crippen LogP contribution in [0.5, 0.6) is 0 Å². The van der Waals surface area contributed by atoms with Gasteiger partial charge in [-0.15, -0.1) is 0 Å². The highest BCUT2D eigenvalue weighted by atomic mass is 32.2. The van der Waals surface area contributed by atoms with Crippen LogP contribution in [-0.4, -0.2) is 47.8 Å². The summed E-state index contributed by atoms with van der Waals surface area (Å²) in [6, 6.07) is 14.7. The minimum Gasteiger partial charge on any atom is -0.329 e. The molecule has 2 aromatic carbocycles. The highest BCUT2D eigenvalue weighted by Crippen LogP contribution is 2.19. The summed E-state index contributed by atoms with van der Waals surface area (Å²) < 4.78 is 52.8. The van der Waals surface area contributed by atoms with Gasteiger partial charge in [0.15, 0.2) is 0 Å². The maximum Gasteiger partial charge on any atom is 0.243 e. The molecule has 9 heteroatoms. The fourth-order valence-electron chi connectivity index (χ4n) is 2.45. The van der Waals surface area contributed by atoms with Gasteiger partial charge in [0, 0.05) is 19.6 Å². The SMILES string of the molecule is CNS(=O)(=O)c1ccc(S(=O)(=O)N(CCN)CCc2ccccc2)cc1. The molecule has 0 fully saturated rings. The van der Waals surface area contributed by atoms with Crippen molar-refractivity contribution in [2.75, 3.05) is 26.7 Å². The van der Waals surface area contributed by atoms with Crippen molar-refractivity contribution in [2.24, 2.45) is 5.73 Å². The molecule has 0 aliphatic carbocycles. The summed E-state index contributed by atoms with van der Waals surface area (Å²) in [6.07, 6.45) is 0.562. The molecule has 0 amide bonds. The molecule has 7 nitrogen and oxygen atoms in total. The molecule has 26 heavy (non-hydrogen) atoms. The van der Waals surface area contributed by atoms with Gasteiger partial charge in [0.05, 0.1) is 9.79 Å². The van der Waals surface area contributed by atoms with Crippen molar-refractivity contribution in [3.63, 3.8) is 0 Å². The molecule has 0 heterocycles. The maximum atomic E-state index is 12.9. The highest BCUT2D eigenvalue weighted by molar-refractivity contribution is 7.89. The Balaban J connectivity index is 2.23. The number of nitrogens with one attached hydrogen (secondary N) is 1. The first-order chi connectivity index (χ1) is 12.3. The highest BCUT2D eigenvalue weighted by Gasteiger charge is 2.24. The summed E-state index contributed by atoms with van der Waals surface area (Å²) in [5.41, 5.74) is 6.61. The molecule has 0 bridgehead atoms. The van der Waals surface area contributed by atoms with Crippen LogP contribution in [0.2, 0.25) is 0 Å². The zero-order valence-electron chi connectivity index (χ0n) is 14.5. The Morgan fingerprint density at radius 2 is 1.46 bits per heavy atom. The molecule has 0 aliphatic rings. The zero-order valence-corrected chi connectivity index (χ0v) is 16.1. The van der Waals surface area contributed by atoms with E-state index in [-0.39, 0.29) is 22.9 Å². The first-order valence-corrected chi connectivity index (χ1v) is 11.0. The minimum absolute atomic E-state index is 0.00797. The van der Waals surface area contributed by atoms with Gasteiger partial charge in [-0.3, -0.25) is 0 Å². The molecule has 0 aromatic heterocycles. The molecule has 142 valence electrons. The zero-order chi connectivity index (χ0) is 19.2. The van der Waals surface area contributed by atoms with Gasteiger partial charge < -0.3 is 5.73 Å². The van der Waals surface area contributed by atoms with E-state index < -0.39 is 20.0 Å². The van der Waals surface area contributed by atoms with Gasteiger partial charge in [-0.1, -0.05) is 30.3 Å². The van der Waals surface area contributed by atoms with E-state index in [4.69, 9.17) is 5.73 Å². The van der Waals surface area contributed by atoms with E-state index in [0.29, 0.717) is 13.0 Å². The fourth-order valence-corrected chi connectivity index (χ4v) is 4.64. The van der Waals surface area contributed by atoms with Crippen LogP contribution >= 0.6 is 0 Å². The monoisotopic (exact) mass is 397 g/mol. The second-order valence-corrected chi connectivity index (χ2v) is 9.43. The van der Waals surface area contributed by atoms with E-state index in [1.54, 1.807) is 0 Å². The van der Waals surface area contributed by atoms with E-state index in [1.165, 1.54) is 35.6 Å². The quantitative estimate of drug-likeness (QED) is 0.650. The van der Waals surface area contributed by atoms with Gasteiger partial charge in [-0.05, 0) is 43.3 Å². The Morgan fingerprint density at radius 1 is 0.885 bits per heavy atom. The van der Waals surface area contributed by atoms with E-state index in [0.717, 1.165) is 5.56 Å². The number of nitrogens with two attached hydrogens (primary N) is 1. The second kappa shape index (κ2) is 8.74. The number of nitrogens with zero attached hydrogens (tertiary/aromatic N) is 1. The van der Waals surface area contributed by atoms with Crippen molar-refractivity contribution >= 4 is 20.0 Å². The Kier molecular flexibility index (Phi) is 6.90. The van der Waals surface area contributed by atoms with Crippen LogP contribution in [0.4, 0.5) is 0 Å². The van der Waals surface area contributed by atoms with Gasteiger partial charge in [-0.2, -0.15) is 4.31 Å². The van der Waals surface area contributed by atoms with E-state index in [1.807, 2.05) is 30.3 Å². The predicted octanol–water partition coefficient (Wildman–Crippen LogP) is 0.787. The third kappa shape index (κ3) is 4.89. The number of benzene rings is 2. The second-order valence-electron chi connectivity index (χ2n) is 5.61. The molecular weight excluding hydrogens is 374 g/mol. The normalized spacial score (nSPS) is 12.4. The van der Waals surface area contributed by atoms with E-state index in [9.17, 15) is 16.8 Å². The fraction of sp³-hybridized carbons (Fsp3) is 0.294. The van der Waals surface area contributed by atoms with Crippen LogP contribution < -0.4 is 10.5 Å². The molecule has 0 saturated carbocycles. The lowest BCUT2D eigenvalue weighted by molar-refractivity contribution is 0.421. The molecule has 0 spiro atoms. The van der Waals surface area contributed by atoms with Crippen LogP contribution in [0.3, 0.4) is 0 Å². The summed E-state index contributed by atoms with van der Waals surface area (Å²) in [6.45, 7) is 0.673. The topological polar surface area (TPSA) is 110 Å². The average molecular weight is 398 g/mol. The Hall–Kier alpha value is -1.78. The van der Waals surface area contributed by atoms with Crippen LogP contribution in [0.25, 0.3) is 0 Å². The predicted molar refractivity (Wildman–Crippen MR) is 101 cm³/mol. The van der Waals surface area contributed by atoms with Crippen LogP contribution in [0, 0.1) is 0 Å². The smallest absolute Gasteiger partial charge is 0.243 e. The van der Waals surface area contributed by atoms with Gasteiger partial charge in [0.25, 0.3) is 0 Å².